The molecule has 8 heteroatoms. The molecule has 1 N–H and O–H groups in total. The fourth-order valence-electron chi connectivity index (χ4n) is 2.84. The minimum Gasteiger partial charge on any atom is -0.360 e. The van der Waals surface area contributed by atoms with E-state index in [0.717, 1.165) is 4.90 Å². The van der Waals surface area contributed by atoms with Crippen LogP contribution in [0.3, 0.4) is 0 Å². The number of benzene rings is 2. The molecular weight excluding hydrogens is 393 g/mol. The van der Waals surface area contributed by atoms with Crippen molar-refractivity contribution >= 4 is 29.3 Å². The Morgan fingerprint density at radius 3 is 2.55 bits per heavy atom. The van der Waals surface area contributed by atoms with Crippen molar-refractivity contribution in [3.8, 4) is 11.3 Å². The largest absolute Gasteiger partial charge is 0.360 e. The molecule has 0 saturated heterocycles. The number of anilines is 1. The van der Waals surface area contributed by atoms with Gasteiger partial charge in [-0.05, 0) is 49.6 Å². The smallest absolute Gasteiger partial charge is 0.259 e. The van der Waals surface area contributed by atoms with Crippen LogP contribution in [0.15, 0.2) is 57.9 Å². The molecule has 0 radical (unpaired) electrons. The fourth-order valence-corrected chi connectivity index (χ4v) is 3.40. The van der Waals surface area contributed by atoms with Gasteiger partial charge in [-0.25, -0.2) is 4.39 Å². The van der Waals surface area contributed by atoms with Gasteiger partial charge in [-0.1, -0.05) is 17.3 Å². The zero-order valence-corrected chi connectivity index (χ0v) is 17.0. The minimum absolute atomic E-state index is 0.144. The summed E-state index contributed by atoms with van der Waals surface area (Å²) in [6, 6.07) is 13.1. The van der Waals surface area contributed by atoms with Gasteiger partial charge in [0.2, 0.25) is 5.91 Å². The summed E-state index contributed by atoms with van der Waals surface area (Å²) in [6.07, 6.45) is 1.92. The number of amides is 2. The highest BCUT2D eigenvalue weighted by Gasteiger charge is 2.25. The van der Waals surface area contributed by atoms with E-state index in [1.807, 2.05) is 30.5 Å². The number of hydrogen-bond donors (Lipinski definition) is 1. The van der Waals surface area contributed by atoms with Gasteiger partial charge >= 0.3 is 0 Å². The Balaban J connectivity index is 1.76. The number of likely N-dealkylation sites (N-methyl/N-ethyl adjacent to an activating group) is 1. The Hall–Kier alpha value is -3.13. The Kier molecular flexibility index (Phi) is 6.33. The molecule has 2 amide bonds. The van der Waals surface area contributed by atoms with Gasteiger partial charge < -0.3 is 14.7 Å². The molecule has 0 bridgehead atoms. The quantitative estimate of drug-likeness (QED) is 0.613. The van der Waals surface area contributed by atoms with Crippen molar-refractivity contribution < 1.29 is 18.5 Å². The molecule has 0 aliphatic carbocycles. The minimum atomic E-state index is -0.406. The number of rotatable bonds is 6. The first-order chi connectivity index (χ1) is 13.9. The lowest BCUT2D eigenvalue weighted by Gasteiger charge is -2.17. The van der Waals surface area contributed by atoms with E-state index in [2.05, 4.69) is 10.5 Å². The zero-order valence-electron chi connectivity index (χ0n) is 16.2. The second kappa shape index (κ2) is 8.91. The molecule has 0 atom stereocenters. The second-order valence-corrected chi connectivity index (χ2v) is 7.23. The maximum absolute atomic E-state index is 13.2. The first-order valence-corrected chi connectivity index (χ1v) is 10.0. The highest BCUT2D eigenvalue weighted by molar-refractivity contribution is 7.98. The maximum atomic E-state index is 13.2. The number of carbonyl (C=O) groups excluding carboxylic acids is 2. The van der Waals surface area contributed by atoms with Gasteiger partial charge in [0.05, 0.1) is 12.2 Å². The van der Waals surface area contributed by atoms with Crippen LogP contribution in [0.25, 0.3) is 11.3 Å². The first kappa shape index (κ1) is 20.6. The molecule has 0 aliphatic heterocycles. The van der Waals surface area contributed by atoms with Crippen LogP contribution in [0.5, 0.6) is 0 Å². The highest BCUT2D eigenvalue weighted by atomic mass is 32.2. The molecule has 6 nitrogen and oxygen atoms in total. The molecule has 0 fully saturated rings. The van der Waals surface area contributed by atoms with Crippen LogP contribution in [-0.2, 0) is 4.79 Å². The van der Waals surface area contributed by atoms with E-state index in [9.17, 15) is 14.0 Å². The van der Waals surface area contributed by atoms with Gasteiger partial charge in [0.25, 0.3) is 5.91 Å². The molecule has 29 heavy (non-hydrogen) atoms. The third-order valence-corrected chi connectivity index (χ3v) is 5.10. The van der Waals surface area contributed by atoms with Crippen LogP contribution in [-0.4, -0.2) is 41.7 Å². The summed E-state index contributed by atoms with van der Waals surface area (Å²) in [5, 5.41) is 6.77. The Morgan fingerprint density at radius 1 is 1.17 bits per heavy atom. The Labute approximate surface area is 172 Å². The number of thioether (sulfide) groups is 1. The number of hydrogen-bond acceptors (Lipinski definition) is 5. The van der Waals surface area contributed by atoms with Crippen molar-refractivity contribution in [1.82, 2.24) is 10.1 Å². The molecule has 2 aromatic carbocycles. The Bertz CT molecular complexity index is 1030. The molecule has 0 saturated carbocycles. The number of halogens is 1. The van der Waals surface area contributed by atoms with Crippen molar-refractivity contribution in [3.63, 3.8) is 0 Å². The number of aryl methyl sites for hydroxylation is 1. The van der Waals surface area contributed by atoms with Crippen molar-refractivity contribution in [2.75, 3.05) is 25.2 Å². The summed E-state index contributed by atoms with van der Waals surface area (Å²) >= 11 is 1.52. The van der Waals surface area contributed by atoms with Crippen LogP contribution in [0.4, 0.5) is 10.1 Å². The zero-order chi connectivity index (χ0) is 21.0. The standard InChI is InChI=1S/C21H20FN3O3S/c1-13-19(20(24-28-13)14-8-10-15(22)11-9-14)21(27)25(2)12-18(26)23-16-6-4-5-7-17(16)29-3/h4-11H,12H2,1-3H3,(H,23,26). The summed E-state index contributed by atoms with van der Waals surface area (Å²) in [7, 11) is 1.53. The number of nitrogens with zero attached hydrogens (tertiary/aromatic N) is 2. The molecule has 3 rings (SSSR count). The first-order valence-electron chi connectivity index (χ1n) is 8.81. The summed E-state index contributed by atoms with van der Waals surface area (Å²) < 4.78 is 18.4. The molecule has 0 aliphatic rings. The third kappa shape index (κ3) is 4.65. The lowest BCUT2D eigenvalue weighted by molar-refractivity contribution is -0.116. The normalized spacial score (nSPS) is 10.6. The van der Waals surface area contributed by atoms with Crippen LogP contribution in [0, 0.1) is 12.7 Å². The Morgan fingerprint density at radius 2 is 1.86 bits per heavy atom. The lowest BCUT2D eigenvalue weighted by atomic mass is 10.1. The number of carbonyl (C=O) groups is 2. The highest BCUT2D eigenvalue weighted by Crippen LogP contribution is 2.27. The monoisotopic (exact) mass is 413 g/mol. The van der Waals surface area contributed by atoms with Crippen LogP contribution in [0.1, 0.15) is 16.1 Å². The SMILES string of the molecule is CSc1ccccc1NC(=O)CN(C)C(=O)c1c(-c2ccc(F)cc2)noc1C. The maximum Gasteiger partial charge on any atom is 0.259 e. The molecule has 0 spiro atoms. The van der Waals surface area contributed by atoms with Crippen molar-refractivity contribution in [1.29, 1.82) is 0 Å². The molecule has 0 unspecified atom stereocenters. The van der Waals surface area contributed by atoms with Gasteiger partial charge in [-0.15, -0.1) is 11.8 Å². The summed E-state index contributed by atoms with van der Waals surface area (Å²) in [5.74, 6) is -0.786. The van der Waals surface area contributed by atoms with Gasteiger partial charge in [-0.3, -0.25) is 9.59 Å². The van der Waals surface area contributed by atoms with Crippen molar-refractivity contribution in [2.24, 2.45) is 0 Å². The average Bonchev–Trinajstić information content (AvgIpc) is 3.09. The van der Waals surface area contributed by atoms with E-state index in [1.165, 1.54) is 48.0 Å². The van der Waals surface area contributed by atoms with Gasteiger partial charge in [0, 0.05) is 17.5 Å². The van der Waals surface area contributed by atoms with E-state index in [4.69, 9.17) is 4.52 Å². The summed E-state index contributed by atoms with van der Waals surface area (Å²) in [4.78, 5) is 27.6. The van der Waals surface area contributed by atoms with Crippen molar-refractivity contribution in [2.45, 2.75) is 11.8 Å². The van der Waals surface area contributed by atoms with E-state index < -0.39 is 5.91 Å². The van der Waals surface area contributed by atoms with E-state index in [1.54, 1.807) is 6.92 Å². The molecule has 1 aromatic heterocycles. The van der Waals surface area contributed by atoms with E-state index >= 15 is 0 Å². The van der Waals surface area contributed by atoms with Gasteiger partial charge in [-0.2, -0.15) is 0 Å². The van der Waals surface area contributed by atoms with E-state index in [-0.39, 0.29) is 23.8 Å². The summed E-state index contributed by atoms with van der Waals surface area (Å²) in [5.41, 5.74) is 1.81. The van der Waals surface area contributed by atoms with Gasteiger partial charge in [0.15, 0.2) is 0 Å². The van der Waals surface area contributed by atoms with E-state index in [0.29, 0.717) is 22.7 Å². The molecule has 3 aromatic rings. The number of para-hydroxylation sites is 1. The predicted octanol–water partition coefficient (Wildman–Crippen LogP) is 4.22. The molecule has 1 heterocycles. The summed E-state index contributed by atoms with van der Waals surface area (Å²) in [6.45, 7) is 1.48. The van der Waals surface area contributed by atoms with Crippen molar-refractivity contribution in [3.05, 3.63) is 65.7 Å². The van der Waals surface area contributed by atoms with Crippen LogP contribution in [0.2, 0.25) is 0 Å². The number of nitrogens with one attached hydrogen (secondary N) is 1. The van der Waals surface area contributed by atoms with Gasteiger partial charge in [0.1, 0.15) is 22.8 Å². The topological polar surface area (TPSA) is 75.4 Å². The predicted molar refractivity (Wildman–Crippen MR) is 110 cm³/mol. The van der Waals surface area contributed by atoms with Crippen LogP contribution < -0.4 is 5.32 Å². The van der Waals surface area contributed by atoms with Crippen LogP contribution >= 0.6 is 11.8 Å². The molecule has 150 valence electrons. The fraction of sp³-hybridized carbons (Fsp3) is 0.190. The second-order valence-electron chi connectivity index (χ2n) is 6.38. The number of aromatic nitrogens is 1. The third-order valence-electron chi connectivity index (χ3n) is 4.30. The lowest BCUT2D eigenvalue weighted by Crippen LogP contribution is -2.35. The average molecular weight is 413 g/mol. The molecular formula is C21H20FN3O3S.